The molecule has 1 saturated heterocycles. The van der Waals surface area contributed by atoms with Gasteiger partial charge >= 0.3 is 6.09 Å². The highest BCUT2D eigenvalue weighted by atomic mass is 16.4. The number of para-hydroxylation sites is 1. The smallest absolute Gasteiger partial charge is 0.404 e. The van der Waals surface area contributed by atoms with Crippen molar-refractivity contribution in [2.24, 2.45) is 0 Å². The van der Waals surface area contributed by atoms with Gasteiger partial charge in [-0.2, -0.15) is 0 Å². The van der Waals surface area contributed by atoms with Crippen LogP contribution >= 0.6 is 0 Å². The molecule has 2 heterocycles. The second-order valence-electron chi connectivity index (χ2n) is 6.79. The van der Waals surface area contributed by atoms with E-state index in [1.807, 2.05) is 31.2 Å². The minimum Gasteiger partial charge on any atom is -0.507 e. The highest BCUT2D eigenvalue weighted by Crippen LogP contribution is 2.33. The monoisotopic (exact) mass is 364 g/mol. The summed E-state index contributed by atoms with van der Waals surface area (Å²) in [4.78, 5) is 22.4. The summed E-state index contributed by atoms with van der Waals surface area (Å²) in [6, 6.07) is 12.9. The van der Waals surface area contributed by atoms with Gasteiger partial charge in [-0.25, -0.2) is 14.8 Å². The van der Waals surface area contributed by atoms with E-state index in [2.05, 4.69) is 15.2 Å². The van der Waals surface area contributed by atoms with E-state index in [4.69, 9.17) is 10.1 Å². The number of phenols is 1. The minimum absolute atomic E-state index is 0.127. The summed E-state index contributed by atoms with van der Waals surface area (Å²) in [5.74, 6) is 1.34. The molecule has 4 rings (SSSR count). The minimum atomic E-state index is -1.01. The summed E-state index contributed by atoms with van der Waals surface area (Å²) in [5.41, 5.74) is 2.46. The largest absolute Gasteiger partial charge is 0.507 e. The van der Waals surface area contributed by atoms with Gasteiger partial charge in [-0.3, -0.25) is 0 Å². The van der Waals surface area contributed by atoms with Crippen molar-refractivity contribution in [1.82, 2.24) is 15.3 Å². The molecule has 1 aliphatic heterocycles. The van der Waals surface area contributed by atoms with Gasteiger partial charge in [-0.1, -0.05) is 18.2 Å². The third-order valence-electron chi connectivity index (χ3n) is 4.79. The van der Waals surface area contributed by atoms with Gasteiger partial charge in [0, 0.05) is 18.5 Å². The number of hydrogen-bond acceptors (Lipinski definition) is 5. The molecule has 0 saturated carbocycles. The molecule has 0 unspecified atom stereocenters. The average molecular weight is 364 g/mol. The summed E-state index contributed by atoms with van der Waals surface area (Å²) < 4.78 is 0. The molecular formula is C20H20N4O3. The Bertz CT molecular complexity index is 1020. The van der Waals surface area contributed by atoms with Crippen LogP contribution in [0, 0.1) is 6.92 Å². The lowest BCUT2D eigenvalue weighted by Crippen LogP contribution is -2.36. The van der Waals surface area contributed by atoms with E-state index in [9.17, 15) is 9.90 Å². The molecule has 2 aromatic carbocycles. The van der Waals surface area contributed by atoms with Crippen molar-refractivity contribution in [3.63, 3.8) is 0 Å². The Hall–Kier alpha value is -3.35. The van der Waals surface area contributed by atoms with Crippen LogP contribution in [0.25, 0.3) is 22.3 Å². The lowest BCUT2D eigenvalue weighted by Gasteiger charge is -2.20. The molecule has 1 aliphatic rings. The predicted molar refractivity (Wildman–Crippen MR) is 103 cm³/mol. The SMILES string of the molecule is Cc1ccc2c(N3CC[C@@H](NC(=O)O)C3)nc(-c3ccccc3O)nc2c1. The molecule has 1 amide bonds. The highest BCUT2D eigenvalue weighted by molar-refractivity contribution is 5.92. The van der Waals surface area contributed by atoms with E-state index >= 15 is 0 Å². The number of rotatable bonds is 3. The van der Waals surface area contributed by atoms with Crippen molar-refractivity contribution >= 4 is 22.8 Å². The molecule has 0 aliphatic carbocycles. The van der Waals surface area contributed by atoms with Crippen LogP contribution in [-0.2, 0) is 0 Å². The van der Waals surface area contributed by atoms with Crippen molar-refractivity contribution in [1.29, 1.82) is 0 Å². The summed E-state index contributed by atoms with van der Waals surface area (Å²) in [7, 11) is 0. The molecule has 0 bridgehead atoms. The molecule has 138 valence electrons. The zero-order chi connectivity index (χ0) is 19.0. The van der Waals surface area contributed by atoms with Gasteiger partial charge in [0.2, 0.25) is 0 Å². The predicted octanol–water partition coefficient (Wildman–Crippen LogP) is 3.16. The van der Waals surface area contributed by atoms with Crippen LogP contribution in [0.5, 0.6) is 5.75 Å². The fourth-order valence-corrected chi connectivity index (χ4v) is 3.49. The number of carboxylic acid groups (broad SMARTS) is 1. The van der Waals surface area contributed by atoms with Crippen LogP contribution in [0.2, 0.25) is 0 Å². The second-order valence-corrected chi connectivity index (χ2v) is 6.79. The van der Waals surface area contributed by atoms with Gasteiger partial charge in [0.05, 0.1) is 17.1 Å². The zero-order valence-corrected chi connectivity index (χ0v) is 14.9. The lowest BCUT2D eigenvalue weighted by atomic mass is 10.1. The molecule has 7 heteroatoms. The molecule has 0 spiro atoms. The summed E-state index contributed by atoms with van der Waals surface area (Å²) in [6.07, 6.45) is -0.296. The average Bonchev–Trinajstić information content (AvgIpc) is 3.08. The van der Waals surface area contributed by atoms with E-state index in [1.54, 1.807) is 18.2 Å². The number of fused-ring (bicyclic) bond motifs is 1. The third-order valence-corrected chi connectivity index (χ3v) is 4.79. The van der Waals surface area contributed by atoms with Crippen LogP contribution in [0.1, 0.15) is 12.0 Å². The normalized spacial score (nSPS) is 16.6. The van der Waals surface area contributed by atoms with E-state index in [-0.39, 0.29) is 11.8 Å². The topological polar surface area (TPSA) is 98.6 Å². The van der Waals surface area contributed by atoms with Crippen molar-refractivity contribution in [2.75, 3.05) is 18.0 Å². The summed E-state index contributed by atoms with van der Waals surface area (Å²) in [6.45, 7) is 3.25. The second kappa shape index (κ2) is 6.75. The number of benzene rings is 2. The molecular weight excluding hydrogens is 344 g/mol. The molecule has 27 heavy (non-hydrogen) atoms. The molecule has 3 aromatic rings. The fraction of sp³-hybridized carbons (Fsp3) is 0.250. The Kier molecular flexibility index (Phi) is 4.27. The summed E-state index contributed by atoms with van der Waals surface area (Å²) in [5, 5.41) is 22.7. The Labute approximate surface area is 156 Å². The number of carbonyl (C=O) groups is 1. The van der Waals surface area contributed by atoms with Gasteiger partial charge in [0.25, 0.3) is 0 Å². The fourth-order valence-electron chi connectivity index (χ4n) is 3.49. The first-order chi connectivity index (χ1) is 13.0. The summed E-state index contributed by atoms with van der Waals surface area (Å²) >= 11 is 0. The zero-order valence-electron chi connectivity index (χ0n) is 14.9. The molecule has 1 fully saturated rings. The first-order valence-corrected chi connectivity index (χ1v) is 8.82. The maximum atomic E-state index is 10.9. The van der Waals surface area contributed by atoms with Gasteiger partial charge in [-0.15, -0.1) is 0 Å². The maximum Gasteiger partial charge on any atom is 0.404 e. The highest BCUT2D eigenvalue weighted by Gasteiger charge is 2.27. The van der Waals surface area contributed by atoms with Crippen LogP contribution in [0.4, 0.5) is 10.6 Å². The standard InChI is InChI=1S/C20H20N4O3/c1-12-6-7-14-16(10-12)22-18(15-4-2-3-5-17(15)25)23-19(14)24-9-8-13(11-24)21-20(26)27/h2-7,10,13,21,25H,8-9,11H2,1H3,(H,26,27)/t13-/m1/s1. The van der Waals surface area contributed by atoms with E-state index in [0.717, 1.165) is 28.7 Å². The van der Waals surface area contributed by atoms with E-state index in [1.165, 1.54) is 0 Å². The Morgan fingerprint density at radius 2 is 2.04 bits per heavy atom. The van der Waals surface area contributed by atoms with E-state index in [0.29, 0.717) is 24.5 Å². The van der Waals surface area contributed by atoms with Gasteiger partial charge in [0.15, 0.2) is 5.82 Å². The van der Waals surface area contributed by atoms with E-state index < -0.39 is 6.09 Å². The van der Waals surface area contributed by atoms with Crippen molar-refractivity contribution in [3.05, 3.63) is 48.0 Å². The molecule has 1 aromatic heterocycles. The van der Waals surface area contributed by atoms with Crippen molar-refractivity contribution < 1.29 is 15.0 Å². The van der Waals surface area contributed by atoms with Crippen LogP contribution in [-0.4, -0.2) is 45.4 Å². The molecule has 1 atom stereocenters. The Morgan fingerprint density at radius 1 is 1.22 bits per heavy atom. The first-order valence-electron chi connectivity index (χ1n) is 8.82. The Balaban J connectivity index is 1.82. The quantitative estimate of drug-likeness (QED) is 0.660. The maximum absolute atomic E-state index is 10.9. The number of nitrogens with zero attached hydrogens (tertiary/aromatic N) is 3. The van der Waals surface area contributed by atoms with Crippen LogP contribution in [0.3, 0.4) is 0 Å². The lowest BCUT2D eigenvalue weighted by molar-refractivity contribution is 0.191. The van der Waals surface area contributed by atoms with Crippen LogP contribution in [0.15, 0.2) is 42.5 Å². The molecule has 0 radical (unpaired) electrons. The van der Waals surface area contributed by atoms with Crippen molar-refractivity contribution in [3.8, 4) is 17.1 Å². The van der Waals surface area contributed by atoms with Crippen LogP contribution < -0.4 is 10.2 Å². The first kappa shape index (κ1) is 17.1. The number of nitrogens with one attached hydrogen (secondary N) is 1. The molecule has 7 nitrogen and oxygen atoms in total. The third kappa shape index (κ3) is 3.36. The van der Waals surface area contributed by atoms with Gasteiger partial charge in [0.1, 0.15) is 11.6 Å². The number of aromatic hydroxyl groups is 1. The number of hydrogen-bond donors (Lipinski definition) is 3. The van der Waals surface area contributed by atoms with Gasteiger partial charge < -0.3 is 20.4 Å². The molecule has 3 N–H and O–H groups in total. The number of phenolic OH excluding ortho intramolecular Hbond substituents is 1. The van der Waals surface area contributed by atoms with Gasteiger partial charge in [-0.05, 0) is 43.2 Å². The number of anilines is 1. The number of aryl methyl sites for hydroxylation is 1. The van der Waals surface area contributed by atoms with Crippen molar-refractivity contribution in [2.45, 2.75) is 19.4 Å². The Morgan fingerprint density at radius 3 is 2.81 bits per heavy atom. The number of aromatic nitrogens is 2. The number of amides is 1.